The Balaban J connectivity index is 1.83. The van der Waals surface area contributed by atoms with Crippen molar-refractivity contribution >= 4 is 5.78 Å². The lowest BCUT2D eigenvalue weighted by Crippen LogP contribution is -2.54. The van der Waals surface area contributed by atoms with Gasteiger partial charge in [0, 0.05) is 22.8 Å². The van der Waals surface area contributed by atoms with Crippen LogP contribution in [-0.2, 0) is 5.41 Å². The van der Waals surface area contributed by atoms with Crippen LogP contribution in [0.4, 0.5) is 0 Å². The van der Waals surface area contributed by atoms with Crippen molar-refractivity contribution in [3.8, 4) is 0 Å². The van der Waals surface area contributed by atoms with Gasteiger partial charge in [-0.3, -0.25) is 4.79 Å². The number of carbonyl (C=O) groups excluding carboxylic acids is 1. The lowest BCUT2D eigenvalue weighted by Gasteiger charge is -2.55. The molecule has 1 aliphatic carbocycles. The highest BCUT2D eigenvalue weighted by molar-refractivity contribution is 5.99. The second-order valence-corrected chi connectivity index (χ2v) is 8.01. The van der Waals surface area contributed by atoms with Gasteiger partial charge in [0.05, 0.1) is 0 Å². The molecule has 0 aromatic heterocycles. The maximum absolute atomic E-state index is 13.3. The minimum absolute atomic E-state index is 0.00212. The molecule has 0 spiro atoms. The molecule has 140 valence electrons. The quantitative estimate of drug-likeness (QED) is 0.374. The number of Topliss-reactive ketones (excluding diaryl/α,β-unsaturated/α-hetero) is 1. The van der Waals surface area contributed by atoms with Crippen LogP contribution in [0.15, 0.2) is 103 Å². The highest BCUT2D eigenvalue weighted by Gasteiger charge is 2.56. The molecule has 0 N–H and O–H groups in total. The van der Waals surface area contributed by atoms with E-state index < -0.39 is 0 Å². The van der Waals surface area contributed by atoms with Gasteiger partial charge in [-0.25, -0.2) is 0 Å². The fraction of sp³-hybridized carbons (Fsp3) is 0.222. The number of carbonyl (C=O) groups is 1. The lowest BCUT2D eigenvalue weighted by molar-refractivity contribution is 0.0598. The molecule has 0 bridgehead atoms. The van der Waals surface area contributed by atoms with Crippen LogP contribution in [0.25, 0.3) is 0 Å². The molecule has 3 aromatic carbocycles. The third-order valence-corrected chi connectivity index (χ3v) is 6.03. The van der Waals surface area contributed by atoms with E-state index in [0.717, 1.165) is 12.0 Å². The van der Waals surface area contributed by atoms with Crippen LogP contribution in [0, 0.1) is 11.8 Å². The van der Waals surface area contributed by atoms with Gasteiger partial charge in [0.25, 0.3) is 0 Å². The van der Waals surface area contributed by atoms with Crippen molar-refractivity contribution < 1.29 is 4.79 Å². The molecular formula is C27H26O. The van der Waals surface area contributed by atoms with E-state index in [1.165, 1.54) is 16.7 Å². The molecule has 0 saturated heterocycles. The molecule has 1 nitrogen and oxygen atoms in total. The second kappa shape index (κ2) is 7.59. The SMILES string of the molecule is CC(C)=CC1C(C(=O)c2ccccc2)CC1(c1ccccc1)c1ccccc1. The van der Waals surface area contributed by atoms with E-state index in [1.807, 2.05) is 30.3 Å². The third kappa shape index (κ3) is 3.11. The number of hydrogen-bond acceptors (Lipinski definition) is 1. The average Bonchev–Trinajstić information content (AvgIpc) is 2.74. The normalized spacial score (nSPS) is 20.1. The minimum atomic E-state index is -0.158. The molecule has 0 amide bonds. The van der Waals surface area contributed by atoms with Crippen LogP contribution >= 0.6 is 0 Å². The molecule has 0 aliphatic heterocycles. The number of ketones is 1. The summed E-state index contributed by atoms with van der Waals surface area (Å²) in [6.45, 7) is 4.26. The van der Waals surface area contributed by atoms with Gasteiger partial charge in [-0.2, -0.15) is 0 Å². The zero-order chi connectivity index (χ0) is 19.6. The first-order chi connectivity index (χ1) is 13.6. The zero-order valence-corrected chi connectivity index (χ0v) is 16.5. The van der Waals surface area contributed by atoms with Gasteiger partial charge in [-0.05, 0) is 31.4 Å². The molecule has 4 rings (SSSR count). The van der Waals surface area contributed by atoms with Crippen LogP contribution in [0.5, 0.6) is 0 Å². The predicted octanol–water partition coefficient (Wildman–Crippen LogP) is 6.46. The molecule has 1 saturated carbocycles. The summed E-state index contributed by atoms with van der Waals surface area (Å²) in [5.74, 6) is 0.401. The Labute approximate surface area is 167 Å². The Bertz CT molecular complexity index is 927. The zero-order valence-electron chi connectivity index (χ0n) is 16.5. The standard InChI is InChI=1S/C27H26O/c1-20(2)18-25-24(26(28)21-12-6-3-7-13-21)19-27(25,22-14-8-4-9-15-22)23-16-10-5-11-17-23/h3-18,24-25H,19H2,1-2H3. The summed E-state index contributed by atoms with van der Waals surface area (Å²) in [5, 5.41) is 0. The van der Waals surface area contributed by atoms with Gasteiger partial charge in [0.2, 0.25) is 0 Å². The molecule has 3 aromatic rings. The fourth-order valence-electron chi connectivity index (χ4n) is 4.74. The van der Waals surface area contributed by atoms with Crippen molar-refractivity contribution in [2.24, 2.45) is 11.8 Å². The molecule has 28 heavy (non-hydrogen) atoms. The summed E-state index contributed by atoms with van der Waals surface area (Å²) < 4.78 is 0. The molecule has 1 aliphatic rings. The minimum Gasteiger partial charge on any atom is -0.294 e. The largest absolute Gasteiger partial charge is 0.294 e. The van der Waals surface area contributed by atoms with Crippen molar-refractivity contribution in [1.82, 2.24) is 0 Å². The van der Waals surface area contributed by atoms with Gasteiger partial charge >= 0.3 is 0 Å². The average molecular weight is 367 g/mol. The van der Waals surface area contributed by atoms with Crippen molar-refractivity contribution in [1.29, 1.82) is 0 Å². The van der Waals surface area contributed by atoms with Gasteiger partial charge in [-0.1, -0.05) is 103 Å². The van der Waals surface area contributed by atoms with Crippen LogP contribution in [0.3, 0.4) is 0 Å². The molecule has 1 fully saturated rings. The van der Waals surface area contributed by atoms with Crippen LogP contribution < -0.4 is 0 Å². The van der Waals surface area contributed by atoms with Gasteiger partial charge in [0.15, 0.2) is 5.78 Å². The Morgan fingerprint density at radius 2 is 1.25 bits per heavy atom. The van der Waals surface area contributed by atoms with E-state index in [9.17, 15) is 4.79 Å². The first-order valence-electron chi connectivity index (χ1n) is 9.98. The Kier molecular flexibility index (Phi) is 5.00. The maximum atomic E-state index is 13.3. The topological polar surface area (TPSA) is 17.1 Å². The van der Waals surface area contributed by atoms with E-state index in [0.29, 0.717) is 0 Å². The Hall–Kier alpha value is -2.93. The molecule has 0 heterocycles. The lowest BCUT2D eigenvalue weighted by atomic mass is 9.47. The van der Waals surface area contributed by atoms with Crippen LogP contribution in [0.2, 0.25) is 0 Å². The van der Waals surface area contributed by atoms with E-state index in [1.54, 1.807) is 0 Å². The van der Waals surface area contributed by atoms with Crippen molar-refractivity contribution in [2.75, 3.05) is 0 Å². The summed E-state index contributed by atoms with van der Waals surface area (Å²) in [6, 6.07) is 31.1. The Morgan fingerprint density at radius 1 is 0.786 bits per heavy atom. The smallest absolute Gasteiger partial charge is 0.166 e. The summed E-state index contributed by atoms with van der Waals surface area (Å²) in [7, 11) is 0. The molecule has 0 radical (unpaired) electrons. The number of hydrogen-bond donors (Lipinski definition) is 0. The number of benzene rings is 3. The number of rotatable bonds is 5. The molecule has 1 heteroatoms. The summed E-state index contributed by atoms with van der Waals surface area (Å²) in [5.41, 5.74) is 4.50. The third-order valence-electron chi connectivity index (χ3n) is 6.03. The molecular weight excluding hydrogens is 340 g/mol. The van der Waals surface area contributed by atoms with E-state index in [-0.39, 0.29) is 23.0 Å². The van der Waals surface area contributed by atoms with Gasteiger partial charge in [0.1, 0.15) is 0 Å². The Morgan fingerprint density at radius 3 is 1.71 bits per heavy atom. The highest BCUT2D eigenvalue weighted by atomic mass is 16.1. The van der Waals surface area contributed by atoms with E-state index >= 15 is 0 Å². The monoisotopic (exact) mass is 366 g/mol. The van der Waals surface area contributed by atoms with Gasteiger partial charge < -0.3 is 0 Å². The first kappa shape index (κ1) is 18.4. The summed E-state index contributed by atoms with van der Waals surface area (Å²) in [4.78, 5) is 13.3. The van der Waals surface area contributed by atoms with Crippen LogP contribution in [-0.4, -0.2) is 5.78 Å². The summed E-state index contributed by atoms with van der Waals surface area (Å²) >= 11 is 0. The van der Waals surface area contributed by atoms with Crippen molar-refractivity contribution in [3.63, 3.8) is 0 Å². The molecule has 2 unspecified atom stereocenters. The predicted molar refractivity (Wildman–Crippen MR) is 115 cm³/mol. The van der Waals surface area contributed by atoms with Crippen LogP contribution in [0.1, 0.15) is 41.8 Å². The molecule has 2 atom stereocenters. The highest BCUT2D eigenvalue weighted by Crippen LogP contribution is 2.58. The summed E-state index contributed by atoms with van der Waals surface area (Å²) in [6.07, 6.45) is 3.15. The maximum Gasteiger partial charge on any atom is 0.166 e. The van der Waals surface area contributed by atoms with E-state index in [4.69, 9.17) is 0 Å². The van der Waals surface area contributed by atoms with E-state index in [2.05, 4.69) is 80.6 Å². The van der Waals surface area contributed by atoms with Crippen molar-refractivity contribution in [2.45, 2.75) is 25.7 Å². The first-order valence-corrected chi connectivity index (χ1v) is 9.98. The fourth-order valence-corrected chi connectivity index (χ4v) is 4.74. The van der Waals surface area contributed by atoms with Crippen molar-refractivity contribution in [3.05, 3.63) is 119 Å². The van der Waals surface area contributed by atoms with Gasteiger partial charge in [-0.15, -0.1) is 0 Å². The second-order valence-electron chi connectivity index (χ2n) is 8.01. The number of allylic oxidation sites excluding steroid dienone is 2.